The van der Waals surface area contributed by atoms with Crippen LogP contribution in [0.3, 0.4) is 0 Å². The molecule has 42 heavy (non-hydrogen) atoms. The van der Waals surface area contributed by atoms with E-state index in [1.165, 1.54) is 30.1 Å². The van der Waals surface area contributed by atoms with Crippen LogP contribution >= 0.6 is 22.9 Å². The number of halogens is 1. The summed E-state index contributed by atoms with van der Waals surface area (Å²) in [5.74, 6) is -1.89. The minimum Gasteiger partial charge on any atom is -0.465 e. The molecule has 4 aromatic rings. The number of nitrogens with zero attached hydrogens (tertiary/aromatic N) is 1. The van der Waals surface area contributed by atoms with Crippen molar-refractivity contribution >= 4 is 56.6 Å². The number of rotatable bonds is 7. The fourth-order valence-corrected chi connectivity index (χ4v) is 6.87. The Morgan fingerprint density at radius 3 is 2.38 bits per heavy atom. The second kappa shape index (κ2) is 12.5. The number of ether oxygens (including phenoxy) is 2. The van der Waals surface area contributed by atoms with Crippen LogP contribution in [0.1, 0.15) is 63.9 Å². The number of carbonyl (C=O) groups is 3. The number of anilines is 1. The van der Waals surface area contributed by atoms with E-state index >= 15 is 0 Å². The minimum atomic E-state index is -1.18. The molecule has 0 fully saturated rings. The van der Waals surface area contributed by atoms with E-state index < -0.39 is 23.9 Å². The zero-order valence-electron chi connectivity index (χ0n) is 23.6. The molecule has 5 rings (SSSR count). The van der Waals surface area contributed by atoms with E-state index in [1.54, 1.807) is 55.5 Å². The quantitative estimate of drug-likeness (QED) is 0.189. The molecule has 218 valence electrons. The van der Waals surface area contributed by atoms with E-state index in [2.05, 4.69) is 5.32 Å². The van der Waals surface area contributed by atoms with Crippen molar-refractivity contribution < 1.29 is 23.9 Å². The van der Waals surface area contributed by atoms with Gasteiger partial charge in [0, 0.05) is 27.9 Å². The van der Waals surface area contributed by atoms with Gasteiger partial charge in [-0.1, -0.05) is 55.3 Å². The van der Waals surface area contributed by atoms with Crippen molar-refractivity contribution in [3.63, 3.8) is 0 Å². The number of nitrogens with one attached hydrogen (secondary N) is 1. The first kappa shape index (κ1) is 29.5. The standard InChI is InChI=1S/C32H31ClN2O6S/c1-4-23(28(36)34-29-26(31(38)40-3)22-12-6-5-7-13-24(22)42-29)41-32(39)27-25(18-14-16-19(33)17-15-18)20-10-8-9-11-21(20)30(37)35(27)2/h8-11,14-17,23H,4-7,12-13H2,1-3H3,(H,34,36). The number of amides is 1. The van der Waals surface area contributed by atoms with E-state index in [1.807, 2.05) is 0 Å². The van der Waals surface area contributed by atoms with Crippen molar-refractivity contribution in [1.82, 2.24) is 4.57 Å². The lowest BCUT2D eigenvalue weighted by Gasteiger charge is -2.20. The summed E-state index contributed by atoms with van der Waals surface area (Å²) < 4.78 is 12.1. The second-order valence-electron chi connectivity index (χ2n) is 10.2. The number of aromatic nitrogens is 1. The Morgan fingerprint density at radius 2 is 1.69 bits per heavy atom. The van der Waals surface area contributed by atoms with Gasteiger partial charge in [0.2, 0.25) is 0 Å². The van der Waals surface area contributed by atoms with Crippen molar-refractivity contribution in [2.75, 3.05) is 12.4 Å². The van der Waals surface area contributed by atoms with Gasteiger partial charge in [0.25, 0.3) is 11.5 Å². The molecule has 0 bridgehead atoms. The van der Waals surface area contributed by atoms with Gasteiger partial charge >= 0.3 is 11.9 Å². The summed E-state index contributed by atoms with van der Waals surface area (Å²) in [6.45, 7) is 1.72. The lowest BCUT2D eigenvalue weighted by atomic mass is 9.96. The van der Waals surface area contributed by atoms with Crippen LogP contribution in [0.15, 0.2) is 53.3 Å². The van der Waals surface area contributed by atoms with E-state index in [0.29, 0.717) is 37.5 Å². The maximum absolute atomic E-state index is 13.8. The predicted octanol–water partition coefficient (Wildman–Crippen LogP) is 6.55. The normalized spacial score (nSPS) is 13.6. The van der Waals surface area contributed by atoms with Crippen LogP contribution in [0.25, 0.3) is 21.9 Å². The zero-order chi connectivity index (χ0) is 30.0. The lowest BCUT2D eigenvalue weighted by molar-refractivity contribution is -0.124. The topological polar surface area (TPSA) is 104 Å². The van der Waals surface area contributed by atoms with Crippen LogP contribution in [0.2, 0.25) is 5.02 Å². The average molecular weight is 607 g/mol. The Bertz CT molecular complexity index is 1740. The largest absolute Gasteiger partial charge is 0.465 e. The van der Waals surface area contributed by atoms with Gasteiger partial charge in [-0.2, -0.15) is 0 Å². The van der Waals surface area contributed by atoms with Crippen LogP contribution in [0, 0.1) is 0 Å². The van der Waals surface area contributed by atoms with Crippen molar-refractivity contribution in [3.05, 3.63) is 85.6 Å². The smallest absolute Gasteiger partial charge is 0.356 e. The van der Waals surface area contributed by atoms with E-state index in [-0.39, 0.29) is 17.7 Å². The third kappa shape index (κ3) is 5.58. The number of pyridine rings is 1. The molecule has 1 aliphatic carbocycles. The van der Waals surface area contributed by atoms with Crippen molar-refractivity contribution in [2.45, 2.75) is 51.6 Å². The Balaban J connectivity index is 1.51. The predicted molar refractivity (Wildman–Crippen MR) is 165 cm³/mol. The zero-order valence-corrected chi connectivity index (χ0v) is 25.2. The van der Waals surface area contributed by atoms with Gasteiger partial charge in [0.05, 0.1) is 12.7 Å². The monoisotopic (exact) mass is 606 g/mol. The van der Waals surface area contributed by atoms with Crippen LogP contribution in [0.4, 0.5) is 5.00 Å². The Labute approximate surface area is 252 Å². The first-order valence-corrected chi connectivity index (χ1v) is 15.1. The molecule has 2 aromatic carbocycles. The summed E-state index contributed by atoms with van der Waals surface area (Å²) in [7, 11) is 2.82. The van der Waals surface area contributed by atoms with E-state index in [0.717, 1.165) is 42.5 Å². The number of benzene rings is 2. The van der Waals surface area contributed by atoms with Crippen LogP contribution < -0.4 is 10.9 Å². The highest BCUT2D eigenvalue weighted by Crippen LogP contribution is 2.38. The highest BCUT2D eigenvalue weighted by molar-refractivity contribution is 7.17. The van der Waals surface area contributed by atoms with Gasteiger partial charge in [-0.15, -0.1) is 11.3 Å². The van der Waals surface area contributed by atoms with Gasteiger partial charge in [-0.3, -0.25) is 9.59 Å². The minimum absolute atomic E-state index is 0.0189. The Hall–Kier alpha value is -3.95. The summed E-state index contributed by atoms with van der Waals surface area (Å²) in [4.78, 5) is 54.4. The number of carbonyl (C=O) groups excluding carboxylic acids is 3. The first-order valence-electron chi connectivity index (χ1n) is 13.9. The van der Waals surface area contributed by atoms with Gasteiger partial charge < -0.3 is 19.4 Å². The molecule has 1 N–H and O–H groups in total. The number of hydrogen-bond acceptors (Lipinski definition) is 7. The molecular weight excluding hydrogens is 576 g/mol. The molecule has 1 aliphatic rings. The van der Waals surface area contributed by atoms with Crippen LogP contribution in [-0.4, -0.2) is 35.6 Å². The molecule has 0 radical (unpaired) electrons. The summed E-state index contributed by atoms with van der Waals surface area (Å²) in [5, 5.41) is 4.78. The third-order valence-electron chi connectivity index (χ3n) is 7.59. The van der Waals surface area contributed by atoms with Gasteiger partial charge in [-0.05, 0) is 66.8 Å². The van der Waals surface area contributed by atoms with Crippen molar-refractivity contribution in [3.8, 4) is 11.1 Å². The number of hydrogen-bond donors (Lipinski definition) is 1. The Kier molecular flexibility index (Phi) is 8.80. The molecule has 1 amide bonds. The van der Waals surface area contributed by atoms with E-state index in [4.69, 9.17) is 21.1 Å². The molecule has 1 atom stereocenters. The molecular formula is C32H31ClN2O6S. The van der Waals surface area contributed by atoms with Gasteiger partial charge in [0.15, 0.2) is 6.10 Å². The molecule has 8 nitrogen and oxygen atoms in total. The summed E-state index contributed by atoms with van der Waals surface area (Å²) in [6.07, 6.45) is 3.61. The molecule has 10 heteroatoms. The molecule has 0 saturated carbocycles. The van der Waals surface area contributed by atoms with Crippen LogP contribution in [-0.2, 0) is 34.2 Å². The lowest BCUT2D eigenvalue weighted by Crippen LogP contribution is -2.34. The van der Waals surface area contributed by atoms with Crippen molar-refractivity contribution in [2.24, 2.45) is 7.05 Å². The van der Waals surface area contributed by atoms with Crippen LogP contribution in [0.5, 0.6) is 0 Å². The summed E-state index contributed by atoms with van der Waals surface area (Å²) >= 11 is 7.49. The molecule has 2 aromatic heterocycles. The highest BCUT2D eigenvalue weighted by atomic mass is 35.5. The van der Waals surface area contributed by atoms with Gasteiger partial charge in [0.1, 0.15) is 10.7 Å². The van der Waals surface area contributed by atoms with E-state index in [9.17, 15) is 19.2 Å². The van der Waals surface area contributed by atoms with Gasteiger partial charge in [-0.25, -0.2) is 9.59 Å². The molecule has 2 heterocycles. The Morgan fingerprint density at radius 1 is 1.00 bits per heavy atom. The maximum Gasteiger partial charge on any atom is 0.356 e. The highest BCUT2D eigenvalue weighted by Gasteiger charge is 2.31. The fourth-order valence-electron chi connectivity index (χ4n) is 5.46. The molecule has 1 unspecified atom stereocenters. The molecule has 0 saturated heterocycles. The molecule has 0 aliphatic heterocycles. The molecule has 0 spiro atoms. The first-order chi connectivity index (χ1) is 20.2. The number of aryl methyl sites for hydroxylation is 1. The second-order valence-corrected chi connectivity index (χ2v) is 11.7. The summed E-state index contributed by atoms with van der Waals surface area (Å²) in [5.41, 5.74) is 2.11. The third-order valence-corrected chi connectivity index (χ3v) is 9.05. The average Bonchev–Trinajstić information content (AvgIpc) is 3.16. The number of methoxy groups -OCH3 is 1. The van der Waals surface area contributed by atoms with Crippen molar-refractivity contribution in [1.29, 1.82) is 0 Å². The number of thiophene rings is 1. The SMILES string of the molecule is CCC(OC(=O)c1c(-c2ccc(Cl)cc2)c2ccccc2c(=O)n1C)C(=O)Nc1sc2c(c1C(=O)OC)CCCCC2. The fraction of sp³-hybridized carbons (Fsp3) is 0.312. The number of fused-ring (bicyclic) bond motifs is 2. The maximum atomic E-state index is 13.8. The number of esters is 2. The summed E-state index contributed by atoms with van der Waals surface area (Å²) in [6, 6.07) is 14.0.